The van der Waals surface area contributed by atoms with Crippen LogP contribution in [0.3, 0.4) is 0 Å². The van der Waals surface area contributed by atoms with E-state index in [1.54, 1.807) is 12.3 Å². The van der Waals surface area contributed by atoms with Crippen molar-refractivity contribution in [2.24, 2.45) is 0 Å². The molecule has 2 N–H and O–H groups in total. The van der Waals surface area contributed by atoms with Crippen LogP contribution in [0.2, 0.25) is 0 Å². The Hall–Kier alpha value is -1.80. The highest BCUT2D eigenvalue weighted by atomic mass is 32.2. The zero-order valence-electron chi connectivity index (χ0n) is 11.5. The monoisotopic (exact) mass is 324 g/mol. The summed E-state index contributed by atoms with van der Waals surface area (Å²) in [4.78, 5) is 11.7. The van der Waals surface area contributed by atoms with Crippen LogP contribution in [0.25, 0.3) is 0 Å². The Bertz CT molecular complexity index is 583. The fourth-order valence-corrected chi connectivity index (χ4v) is 3.34. The van der Waals surface area contributed by atoms with Gasteiger partial charge in [0.25, 0.3) is 0 Å². The van der Waals surface area contributed by atoms with Gasteiger partial charge in [-0.15, -0.1) is 16.8 Å². The van der Waals surface area contributed by atoms with E-state index in [1.165, 1.54) is 23.1 Å². The number of anilines is 1. The van der Waals surface area contributed by atoms with E-state index in [-0.39, 0.29) is 11.2 Å². The zero-order chi connectivity index (χ0) is 15.1. The molecule has 0 bridgehead atoms. The normalized spacial score (nSPS) is 11.9. The topological polar surface area (TPSA) is 80.0 Å². The molecule has 0 radical (unpaired) electrons. The number of aromatic nitrogens is 2. The molecule has 2 heterocycles. The molecule has 0 saturated carbocycles. The van der Waals surface area contributed by atoms with Gasteiger partial charge in [-0.3, -0.25) is 4.79 Å². The van der Waals surface area contributed by atoms with E-state index in [4.69, 9.17) is 4.42 Å². The molecular formula is C13H16N4O2S2. The van der Waals surface area contributed by atoms with E-state index >= 15 is 0 Å². The number of amides is 1. The number of furan rings is 1. The van der Waals surface area contributed by atoms with Gasteiger partial charge in [-0.25, -0.2) is 0 Å². The van der Waals surface area contributed by atoms with Crippen LogP contribution >= 0.6 is 23.1 Å². The SMILES string of the molecule is C=CCNC(=O)[C@H](C)Sc1nnc(NCc2ccco2)s1. The molecule has 0 aromatic carbocycles. The lowest BCUT2D eigenvalue weighted by Gasteiger charge is -2.07. The molecule has 0 fully saturated rings. The lowest BCUT2D eigenvalue weighted by molar-refractivity contribution is -0.120. The third kappa shape index (κ3) is 4.91. The highest BCUT2D eigenvalue weighted by molar-refractivity contribution is 8.02. The summed E-state index contributed by atoms with van der Waals surface area (Å²) in [6, 6.07) is 3.72. The van der Waals surface area contributed by atoms with E-state index in [1.807, 2.05) is 19.1 Å². The summed E-state index contributed by atoms with van der Waals surface area (Å²) in [7, 11) is 0. The van der Waals surface area contributed by atoms with Crippen LogP contribution in [0.1, 0.15) is 12.7 Å². The van der Waals surface area contributed by atoms with E-state index in [0.717, 1.165) is 10.1 Å². The minimum Gasteiger partial charge on any atom is -0.467 e. The second-order valence-electron chi connectivity index (χ2n) is 4.10. The molecule has 21 heavy (non-hydrogen) atoms. The Morgan fingerprint density at radius 3 is 3.19 bits per heavy atom. The first-order valence-electron chi connectivity index (χ1n) is 6.34. The molecule has 2 rings (SSSR count). The molecule has 8 heteroatoms. The third-order valence-corrected chi connectivity index (χ3v) is 4.53. The second kappa shape index (κ2) is 7.84. The van der Waals surface area contributed by atoms with Crippen LogP contribution in [0, 0.1) is 0 Å². The molecule has 0 spiro atoms. The molecule has 2 aromatic rings. The maximum atomic E-state index is 11.7. The number of nitrogens with one attached hydrogen (secondary N) is 2. The Morgan fingerprint density at radius 1 is 1.62 bits per heavy atom. The van der Waals surface area contributed by atoms with Gasteiger partial charge in [0, 0.05) is 6.54 Å². The molecule has 6 nitrogen and oxygen atoms in total. The highest BCUT2D eigenvalue weighted by Gasteiger charge is 2.16. The van der Waals surface area contributed by atoms with Crippen LogP contribution in [0.4, 0.5) is 5.13 Å². The average Bonchev–Trinajstić information content (AvgIpc) is 3.13. The summed E-state index contributed by atoms with van der Waals surface area (Å²) >= 11 is 2.79. The van der Waals surface area contributed by atoms with Gasteiger partial charge in [-0.2, -0.15) is 0 Å². The van der Waals surface area contributed by atoms with Crippen molar-refractivity contribution in [1.29, 1.82) is 0 Å². The molecule has 112 valence electrons. The van der Waals surface area contributed by atoms with Crippen molar-refractivity contribution < 1.29 is 9.21 Å². The first-order valence-corrected chi connectivity index (χ1v) is 8.03. The summed E-state index contributed by atoms with van der Waals surface area (Å²) in [6.45, 7) is 6.42. The summed E-state index contributed by atoms with van der Waals surface area (Å²) in [5.41, 5.74) is 0. The van der Waals surface area contributed by atoms with Gasteiger partial charge in [0.2, 0.25) is 11.0 Å². The van der Waals surface area contributed by atoms with Crippen LogP contribution in [-0.4, -0.2) is 27.9 Å². The van der Waals surface area contributed by atoms with Crippen molar-refractivity contribution in [2.45, 2.75) is 23.1 Å². The molecule has 0 aliphatic carbocycles. The number of carbonyl (C=O) groups is 1. The van der Waals surface area contributed by atoms with Crippen molar-refractivity contribution in [2.75, 3.05) is 11.9 Å². The Labute approximate surface area is 131 Å². The van der Waals surface area contributed by atoms with Crippen LogP contribution in [-0.2, 0) is 11.3 Å². The standard InChI is InChI=1S/C13H16N4O2S2/c1-3-6-14-11(18)9(2)20-13-17-16-12(21-13)15-8-10-5-4-7-19-10/h3-5,7,9H,1,6,8H2,2H3,(H,14,18)(H,15,16)/t9-/m0/s1. The smallest absolute Gasteiger partial charge is 0.233 e. The van der Waals surface area contributed by atoms with Crippen molar-refractivity contribution >= 4 is 34.1 Å². The molecule has 0 unspecified atom stereocenters. The van der Waals surface area contributed by atoms with Crippen molar-refractivity contribution in [1.82, 2.24) is 15.5 Å². The van der Waals surface area contributed by atoms with E-state index in [0.29, 0.717) is 18.2 Å². The lowest BCUT2D eigenvalue weighted by Crippen LogP contribution is -2.30. The maximum absolute atomic E-state index is 11.7. The summed E-state index contributed by atoms with van der Waals surface area (Å²) in [6.07, 6.45) is 3.28. The number of rotatable bonds is 8. The lowest BCUT2D eigenvalue weighted by atomic mass is 10.4. The molecule has 1 atom stereocenters. The predicted molar refractivity (Wildman–Crippen MR) is 84.5 cm³/mol. The van der Waals surface area contributed by atoms with Crippen molar-refractivity contribution in [3.05, 3.63) is 36.8 Å². The van der Waals surface area contributed by atoms with Gasteiger partial charge < -0.3 is 15.1 Å². The Morgan fingerprint density at radius 2 is 2.48 bits per heavy atom. The minimum absolute atomic E-state index is 0.0415. The Kier molecular flexibility index (Phi) is 5.82. The minimum atomic E-state index is -0.226. The van der Waals surface area contributed by atoms with Crippen LogP contribution in [0.15, 0.2) is 39.8 Å². The van der Waals surface area contributed by atoms with E-state index in [9.17, 15) is 4.79 Å². The second-order valence-corrected chi connectivity index (χ2v) is 6.67. The third-order valence-electron chi connectivity index (χ3n) is 2.47. The largest absolute Gasteiger partial charge is 0.467 e. The average molecular weight is 324 g/mol. The van der Waals surface area contributed by atoms with Gasteiger partial charge in [0.05, 0.1) is 18.1 Å². The molecule has 0 aliphatic heterocycles. The molecular weight excluding hydrogens is 308 g/mol. The summed E-state index contributed by atoms with van der Waals surface area (Å²) in [5, 5.41) is 14.5. The first kappa shape index (κ1) is 15.6. The van der Waals surface area contributed by atoms with E-state index < -0.39 is 0 Å². The van der Waals surface area contributed by atoms with Gasteiger partial charge in [-0.05, 0) is 19.1 Å². The number of nitrogens with zero attached hydrogens (tertiary/aromatic N) is 2. The van der Waals surface area contributed by atoms with Crippen molar-refractivity contribution in [3.8, 4) is 0 Å². The van der Waals surface area contributed by atoms with E-state index in [2.05, 4.69) is 27.4 Å². The Balaban J connectivity index is 1.82. The summed E-state index contributed by atoms with van der Waals surface area (Å²) in [5.74, 6) is 0.789. The zero-order valence-corrected chi connectivity index (χ0v) is 13.2. The molecule has 0 saturated heterocycles. The summed E-state index contributed by atoms with van der Waals surface area (Å²) < 4.78 is 5.97. The first-order chi connectivity index (χ1) is 10.2. The van der Waals surface area contributed by atoms with Crippen LogP contribution < -0.4 is 10.6 Å². The van der Waals surface area contributed by atoms with Gasteiger partial charge in [-0.1, -0.05) is 29.2 Å². The molecule has 1 amide bonds. The predicted octanol–water partition coefficient (Wildman–Crippen LogP) is 2.53. The highest BCUT2D eigenvalue weighted by Crippen LogP contribution is 2.29. The number of thioether (sulfide) groups is 1. The number of hydrogen-bond acceptors (Lipinski definition) is 7. The maximum Gasteiger partial charge on any atom is 0.233 e. The quantitative estimate of drug-likeness (QED) is 0.574. The van der Waals surface area contributed by atoms with Gasteiger partial charge in [0.15, 0.2) is 4.34 Å². The number of hydrogen-bond donors (Lipinski definition) is 2. The van der Waals surface area contributed by atoms with Crippen molar-refractivity contribution in [3.63, 3.8) is 0 Å². The van der Waals surface area contributed by atoms with Crippen LogP contribution in [0.5, 0.6) is 0 Å². The molecule has 2 aromatic heterocycles. The number of carbonyl (C=O) groups excluding carboxylic acids is 1. The fourth-order valence-electron chi connectivity index (χ4n) is 1.43. The van der Waals surface area contributed by atoms with Gasteiger partial charge >= 0.3 is 0 Å². The van der Waals surface area contributed by atoms with Gasteiger partial charge in [0.1, 0.15) is 5.76 Å². The molecule has 0 aliphatic rings. The fraction of sp³-hybridized carbons (Fsp3) is 0.308.